The molecule has 0 amide bonds. The molecule has 0 aliphatic rings. The standard InChI is InChI=1S/C14H19N3/c1-3-4-11-5-7-12(8-6-11)13-10-16-14(9-15)17(13)2/h5-8,10H,3-4,9,15H2,1-2H3. The van der Waals surface area contributed by atoms with E-state index in [1.807, 2.05) is 13.2 Å². The van der Waals surface area contributed by atoms with Gasteiger partial charge in [0.05, 0.1) is 18.4 Å². The van der Waals surface area contributed by atoms with Gasteiger partial charge in [0.15, 0.2) is 0 Å². The lowest BCUT2D eigenvalue weighted by Crippen LogP contribution is -2.05. The highest BCUT2D eigenvalue weighted by molar-refractivity contribution is 5.59. The second-order valence-electron chi connectivity index (χ2n) is 4.27. The molecule has 0 saturated carbocycles. The van der Waals surface area contributed by atoms with Crippen molar-refractivity contribution in [1.29, 1.82) is 0 Å². The smallest absolute Gasteiger partial charge is 0.122 e. The van der Waals surface area contributed by atoms with Gasteiger partial charge in [0.2, 0.25) is 0 Å². The van der Waals surface area contributed by atoms with E-state index < -0.39 is 0 Å². The van der Waals surface area contributed by atoms with E-state index in [9.17, 15) is 0 Å². The van der Waals surface area contributed by atoms with Crippen molar-refractivity contribution in [2.75, 3.05) is 0 Å². The number of hydrogen-bond donors (Lipinski definition) is 1. The van der Waals surface area contributed by atoms with Crippen LogP contribution in [0.3, 0.4) is 0 Å². The van der Waals surface area contributed by atoms with E-state index in [0.717, 1.165) is 17.9 Å². The molecule has 0 bridgehead atoms. The maximum atomic E-state index is 5.62. The third-order valence-electron chi connectivity index (χ3n) is 3.06. The zero-order chi connectivity index (χ0) is 12.3. The van der Waals surface area contributed by atoms with Crippen molar-refractivity contribution < 1.29 is 0 Å². The van der Waals surface area contributed by atoms with Gasteiger partial charge in [-0.05, 0) is 17.5 Å². The van der Waals surface area contributed by atoms with E-state index in [2.05, 4.69) is 40.7 Å². The van der Waals surface area contributed by atoms with Crippen LogP contribution in [0.25, 0.3) is 11.3 Å². The van der Waals surface area contributed by atoms with Crippen LogP contribution in [0.2, 0.25) is 0 Å². The van der Waals surface area contributed by atoms with Crippen molar-refractivity contribution in [2.45, 2.75) is 26.3 Å². The van der Waals surface area contributed by atoms with E-state index in [1.54, 1.807) is 0 Å². The normalized spacial score (nSPS) is 10.8. The van der Waals surface area contributed by atoms with Crippen LogP contribution in [-0.2, 0) is 20.0 Å². The Bertz CT molecular complexity index is 483. The Morgan fingerprint density at radius 2 is 1.94 bits per heavy atom. The van der Waals surface area contributed by atoms with Crippen LogP contribution < -0.4 is 5.73 Å². The van der Waals surface area contributed by atoms with Crippen LogP contribution in [0.15, 0.2) is 30.5 Å². The number of aromatic nitrogens is 2. The summed E-state index contributed by atoms with van der Waals surface area (Å²) in [5.41, 5.74) is 9.32. The van der Waals surface area contributed by atoms with Gasteiger partial charge in [0.1, 0.15) is 5.82 Å². The summed E-state index contributed by atoms with van der Waals surface area (Å²) in [4.78, 5) is 4.31. The third-order valence-corrected chi connectivity index (χ3v) is 3.06. The van der Waals surface area contributed by atoms with Gasteiger partial charge in [0.25, 0.3) is 0 Å². The number of benzene rings is 1. The Morgan fingerprint density at radius 1 is 1.24 bits per heavy atom. The minimum Gasteiger partial charge on any atom is -0.330 e. The van der Waals surface area contributed by atoms with Crippen LogP contribution in [-0.4, -0.2) is 9.55 Å². The molecule has 0 atom stereocenters. The first-order valence-electron chi connectivity index (χ1n) is 6.06. The summed E-state index contributed by atoms with van der Waals surface area (Å²) >= 11 is 0. The highest BCUT2D eigenvalue weighted by Gasteiger charge is 2.06. The van der Waals surface area contributed by atoms with Gasteiger partial charge < -0.3 is 10.3 Å². The molecule has 0 spiro atoms. The Kier molecular flexibility index (Phi) is 3.59. The summed E-state index contributed by atoms with van der Waals surface area (Å²) in [5, 5.41) is 0. The molecular formula is C14H19N3. The van der Waals surface area contributed by atoms with Crippen LogP contribution in [0.1, 0.15) is 24.7 Å². The highest BCUT2D eigenvalue weighted by atomic mass is 15.1. The predicted molar refractivity (Wildman–Crippen MR) is 70.5 cm³/mol. The Labute approximate surface area is 102 Å². The molecule has 2 N–H and O–H groups in total. The second-order valence-corrected chi connectivity index (χ2v) is 4.27. The fraction of sp³-hybridized carbons (Fsp3) is 0.357. The molecule has 1 aromatic carbocycles. The molecule has 90 valence electrons. The fourth-order valence-electron chi connectivity index (χ4n) is 2.04. The molecule has 3 nitrogen and oxygen atoms in total. The first-order chi connectivity index (χ1) is 8.26. The molecule has 1 heterocycles. The Balaban J connectivity index is 2.30. The minimum atomic E-state index is 0.477. The molecule has 17 heavy (non-hydrogen) atoms. The topological polar surface area (TPSA) is 43.8 Å². The lowest BCUT2D eigenvalue weighted by atomic mass is 10.1. The molecule has 0 aliphatic carbocycles. The third kappa shape index (κ3) is 2.39. The van der Waals surface area contributed by atoms with E-state index in [1.165, 1.54) is 17.5 Å². The fourth-order valence-corrected chi connectivity index (χ4v) is 2.04. The molecule has 0 fully saturated rings. The van der Waals surface area contributed by atoms with Crippen molar-refractivity contribution in [1.82, 2.24) is 9.55 Å². The summed E-state index contributed by atoms with van der Waals surface area (Å²) in [6.07, 6.45) is 4.21. The van der Waals surface area contributed by atoms with Crippen molar-refractivity contribution in [2.24, 2.45) is 12.8 Å². The van der Waals surface area contributed by atoms with Gasteiger partial charge >= 0.3 is 0 Å². The zero-order valence-corrected chi connectivity index (χ0v) is 10.5. The van der Waals surface area contributed by atoms with Crippen molar-refractivity contribution >= 4 is 0 Å². The van der Waals surface area contributed by atoms with Crippen molar-refractivity contribution in [3.05, 3.63) is 41.9 Å². The van der Waals surface area contributed by atoms with Gasteiger partial charge in [-0.1, -0.05) is 37.6 Å². The molecule has 2 aromatic rings. The van der Waals surface area contributed by atoms with E-state index in [-0.39, 0.29) is 0 Å². The SMILES string of the molecule is CCCc1ccc(-c2cnc(CN)n2C)cc1. The molecule has 0 radical (unpaired) electrons. The molecular weight excluding hydrogens is 210 g/mol. The van der Waals surface area contributed by atoms with Crippen LogP contribution in [0, 0.1) is 0 Å². The lowest BCUT2D eigenvalue weighted by molar-refractivity contribution is 0.799. The lowest BCUT2D eigenvalue weighted by Gasteiger charge is -2.06. The monoisotopic (exact) mass is 229 g/mol. The van der Waals surface area contributed by atoms with E-state index in [0.29, 0.717) is 6.54 Å². The van der Waals surface area contributed by atoms with Crippen LogP contribution in [0.4, 0.5) is 0 Å². The summed E-state index contributed by atoms with van der Waals surface area (Å²) in [7, 11) is 2.00. The Hall–Kier alpha value is -1.61. The summed E-state index contributed by atoms with van der Waals surface area (Å²) in [6.45, 7) is 2.67. The number of nitrogens with zero attached hydrogens (tertiary/aromatic N) is 2. The van der Waals surface area contributed by atoms with Gasteiger partial charge in [-0.3, -0.25) is 0 Å². The Morgan fingerprint density at radius 3 is 2.47 bits per heavy atom. The number of hydrogen-bond acceptors (Lipinski definition) is 2. The van der Waals surface area contributed by atoms with Crippen LogP contribution >= 0.6 is 0 Å². The molecule has 0 aliphatic heterocycles. The first kappa shape index (κ1) is 11.9. The highest BCUT2D eigenvalue weighted by Crippen LogP contribution is 2.20. The average Bonchev–Trinajstić information content (AvgIpc) is 2.72. The van der Waals surface area contributed by atoms with E-state index in [4.69, 9.17) is 5.73 Å². The predicted octanol–water partition coefficient (Wildman–Crippen LogP) is 2.50. The summed E-state index contributed by atoms with van der Waals surface area (Å²) < 4.78 is 2.05. The molecule has 1 aromatic heterocycles. The first-order valence-corrected chi connectivity index (χ1v) is 6.06. The maximum absolute atomic E-state index is 5.62. The maximum Gasteiger partial charge on any atom is 0.122 e. The van der Waals surface area contributed by atoms with Gasteiger partial charge in [-0.25, -0.2) is 4.98 Å². The quantitative estimate of drug-likeness (QED) is 0.875. The summed E-state index contributed by atoms with van der Waals surface area (Å²) in [6, 6.07) is 8.69. The molecule has 3 heteroatoms. The molecule has 2 rings (SSSR count). The number of aryl methyl sites for hydroxylation is 1. The minimum absolute atomic E-state index is 0.477. The molecule has 0 unspecified atom stereocenters. The number of rotatable bonds is 4. The van der Waals surface area contributed by atoms with Crippen molar-refractivity contribution in [3.63, 3.8) is 0 Å². The number of nitrogens with two attached hydrogens (primary N) is 1. The van der Waals surface area contributed by atoms with Gasteiger partial charge in [0, 0.05) is 7.05 Å². The van der Waals surface area contributed by atoms with Gasteiger partial charge in [-0.2, -0.15) is 0 Å². The van der Waals surface area contributed by atoms with Crippen LogP contribution in [0.5, 0.6) is 0 Å². The largest absolute Gasteiger partial charge is 0.330 e. The summed E-state index contributed by atoms with van der Waals surface area (Å²) in [5.74, 6) is 0.914. The average molecular weight is 229 g/mol. The molecule has 0 saturated heterocycles. The van der Waals surface area contributed by atoms with Gasteiger partial charge in [-0.15, -0.1) is 0 Å². The van der Waals surface area contributed by atoms with E-state index >= 15 is 0 Å². The number of imidazole rings is 1. The van der Waals surface area contributed by atoms with Crippen molar-refractivity contribution in [3.8, 4) is 11.3 Å². The second kappa shape index (κ2) is 5.15. The zero-order valence-electron chi connectivity index (χ0n) is 10.5.